The van der Waals surface area contributed by atoms with Crippen LogP contribution in [-0.4, -0.2) is 28.6 Å². The maximum Gasteiger partial charge on any atom is 0.257 e. The molecule has 5 nitrogen and oxygen atoms in total. The number of nitrogens with zero attached hydrogens (tertiary/aromatic N) is 2. The van der Waals surface area contributed by atoms with Gasteiger partial charge in [0.1, 0.15) is 5.75 Å². The highest BCUT2D eigenvalue weighted by Crippen LogP contribution is 2.29. The third-order valence-corrected chi connectivity index (χ3v) is 4.19. The average molecular weight is 313 g/mol. The van der Waals surface area contributed by atoms with Gasteiger partial charge in [0.2, 0.25) is 0 Å². The third kappa shape index (κ3) is 4.34. The molecule has 23 heavy (non-hydrogen) atoms. The van der Waals surface area contributed by atoms with Crippen molar-refractivity contribution in [2.75, 3.05) is 13.2 Å². The summed E-state index contributed by atoms with van der Waals surface area (Å²) in [5, 5.41) is 2.90. The molecule has 1 aliphatic carbocycles. The zero-order valence-corrected chi connectivity index (χ0v) is 13.3. The van der Waals surface area contributed by atoms with Crippen LogP contribution in [0.1, 0.15) is 30.4 Å². The van der Waals surface area contributed by atoms with Crippen molar-refractivity contribution in [1.82, 2.24) is 14.9 Å². The van der Waals surface area contributed by atoms with Gasteiger partial charge >= 0.3 is 0 Å². The first kappa shape index (κ1) is 15.6. The number of nitrogens with one attached hydrogen (secondary N) is 1. The molecule has 0 radical (unpaired) electrons. The highest BCUT2D eigenvalue weighted by molar-refractivity contribution is 5.77. The van der Waals surface area contributed by atoms with Crippen molar-refractivity contribution in [3.63, 3.8) is 0 Å². The molecule has 0 unspecified atom stereocenters. The molecule has 1 aliphatic rings. The predicted octanol–water partition coefficient (Wildman–Crippen LogP) is 2.35. The second-order valence-electron chi connectivity index (χ2n) is 5.89. The minimum atomic E-state index is -0.0657. The second kappa shape index (κ2) is 7.81. The Balaban J connectivity index is 1.41. The molecule has 1 heterocycles. The lowest BCUT2D eigenvalue weighted by atomic mass is 9.91. The van der Waals surface area contributed by atoms with Gasteiger partial charge in [-0.05, 0) is 49.3 Å². The lowest BCUT2D eigenvalue weighted by molar-refractivity contribution is -0.123. The Hall–Kier alpha value is -2.30. The summed E-state index contributed by atoms with van der Waals surface area (Å²) >= 11 is 0. The molecule has 122 valence electrons. The van der Waals surface area contributed by atoms with Crippen molar-refractivity contribution < 1.29 is 9.53 Å². The lowest BCUT2D eigenvalue weighted by Crippen LogP contribution is -2.30. The summed E-state index contributed by atoms with van der Waals surface area (Å²) in [6, 6.07) is 6.15. The van der Waals surface area contributed by atoms with Gasteiger partial charge in [-0.3, -0.25) is 4.79 Å². The molecule has 0 aliphatic heterocycles. The van der Waals surface area contributed by atoms with Crippen LogP contribution in [0.15, 0.2) is 36.9 Å². The molecule has 0 bridgehead atoms. The van der Waals surface area contributed by atoms with E-state index in [0.29, 0.717) is 6.54 Å². The largest absolute Gasteiger partial charge is 0.483 e. The van der Waals surface area contributed by atoms with Crippen LogP contribution < -0.4 is 10.1 Å². The summed E-state index contributed by atoms with van der Waals surface area (Å²) in [5.41, 5.74) is 2.65. The Kier molecular flexibility index (Phi) is 5.29. The molecule has 3 rings (SSSR count). The van der Waals surface area contributed by atoms with E-state index in [1.165, 1.54) is 24.0 Å². The van der Waals surface area contributed by atoms with Crippen molar-refractivity contribution in [1.29, 1.82) is 0 Å². The van der Waals surface area contributed by atoms with E-state index in [9.17, 15) is 4.79 Å². The monoisotopic (exact) mass is 313 g/mol. The minimum absolute atomic E-state index is 0.0657. The van der Waals surface area contributed by atoms with Gasteiger partial charge in [-0.2, -0.15) is 0 Å². The fourth-order valence-corrected chi connectivity index (χ4v) is 2.98. The number of amides is 1. The molecule has 0 atom stereocenters. The fraction of sp³-hybridized carbons (Fsp3) is 0.444. The van der Waals surface area contributed by atoms with Crippen LogP contribution in [0.5, 0.6) is 5.75 Å². The molecule has 1 N–H and O–H groups in total. The molecule has 1 amide bonds. The van der Waals surface area contributed by atoms with Crippen LogP contribution in [-0.2, 0) is 24.2 Å². The van der Waals surface area contributed by atoms with Gasteiger partial charge in [0.05, 0.1) is 6.33 Å². The Morgan fingerprint density at radius 3 is 3.09 bits per heavy atom. The standard InChI is InChI=1S/C18H23N3O2/c22-18(20-9-4-11-21-12-10-19-14-21)13-23-17-8-3-6-15-5-1-2-7-16(15)17/h3,6,8,10,12,14H,1-2,4-5,7,9,11,13H2,(H,20,22). The molecule has 1 aromatic heterocycles. The zero-order valence-electron chi connectivity index (χ0n) is 13.3. The number of aromatic nitrogens is 2. The van der Waals surface area contributed by atoms with Gasteiger partial charge in [0.15, 0.2) is 6.61 Å². The molecular weight excluding hydrogens is 290 g/mol. The zero-order chi connectivity index (χ0) is 15.9. The van der Waals surface area contributed by atoms with Gasteiger partial charge < -0.3 is 14.6 Å². The topological polar surface area (TPSA) is 56.1 Å². The number of carbonyl (C=O) groups is 1. The van der Waals surface area contributed by atoms with E-state index in [0.717, 1.165) is 31.6 Å². The van der Waals surface area contributed by atoms with Crippen LogP contribution in [0.2, 0.25) is 0 Å². The number of ether oxygens (including phenoxy) is 1. The van der Waals surface area contributed by atoms with E-state index >= 15 is 0 Å². The first-order valence-electron chi connectivity index (χ1n) is 8.29. The molecule has 0 saturated carbocycles. The summed E-state index contributed by atoms with van der Waals surface area (Å²) in [7, 11) is 0. The Bertz CT molecular complexity index is 638. The number of hydrogen-bond acceptors (Lipinski definition) is 3. The minimum Gasteiger partial charge on any atom is -0.483 e. The number of imidazole rings is 1. The van der Waals surface area contributed by atoms with E-state index in [1.54, 1.807) is 12.5 Å². The van der Waals surface area contributed by atoms with E-state index in [2.05, 4.69) is 16.4 Å². The van der Waals surface area contributed by atoms with Crippen LogP contribution in [0, 0.1) is 0 Å². The van der Waals surface area contributed by atoms with E-state index in [-0.39, 0.29) is 12.5 Å². The molecular formula is C18H23N3O2. The molecule has 1 aromatic carbocycles. The molecule has 5 heteroatoms. The van der Waals surface area contributed by atoms with Gasteiger partial charge in [-0.15, -0.1) is 0 Å². The Morgan fingerprint density at radius 2 is 2.22 bits per heavy atom. The Morgan fingerprint density at radius 1 is 1.30 bits per heavy atom. The number of hydrogen-bond donors (Lipinski definition) is 1. The predicted molar refractivity (Wildman–Crippen MR) is 88.4 cm³/mol. The van der Waals surface area contributed by atoms with Crippen molar-refractivity contribution in [3.8, 4) is 5.75 Å². The van der Waals surface area contributed by atoms with Crippen molar-refractivity contribution in [2.24, 2.45) is 0 Å². The number of benzene rings is 1. The van der Waals surface area contributed by atoms with Crippen LogP contribution in [0.25, 0.3) is 0 Å². The van der Waals surface area contributed by atoms with E-state index in [4.69, 9.17) is 4.74 Å². The summed E-state index contributed by atoms with van der Waals surface area (Å²) in [4.78, 5) is 15.9. The third-order valence-electron chi connectivity index (χ3n) is 4.19. The quantitative estimate of drug-likeness (QED) is 0.798. The smallest absolute Gasteiger partial charge is 0.257 e. The first-order valence-corrected chi connectivity index (χ1v) is 8.29. The molecule has 0 saturated heterocycles. The van der Waals surface area contributed by atoms with Gasteiger partial charge in [0, 0.05) is 25.5 Å². The highest BCUT2D eigenvalue weighted by atomic mass is 16.5. The maximum atomic E-state index is 11.9. The summed E-state index contributed by atoms with van der Waals surface area (Å²) in [6.07, 6.45) is 11.0. The van der Waals surface area contributed by atoms with Crippen LogP contribution in [0.4, 0.5) is 0 Å². The number of rotatable bonds is 7. The highest BCUT2D eigenvalue weighted by Gasteiger charge is 2.14. The average Bonchev–Trinajstić information content (AvgIpc) is 3.10. The number of aryl methyl sites for hydroxylation is 2. The van der Waals surface area contributed by atoms with Gasteiger partial charge in [-0.25, -0.2) is 4.98 Å². The van der Waals surface area contributed by atoms with E-state index in [1.807, 2.05) is 22.9 Å². The maximum absolute atomic E-state index is 11.9. The van der Waals surface area contributed by atoms with Crippen LogP contribution >= 0.6 is 0 Å². The summed E-state index contributed by atoms with van der Waals surface area (Å²) < 4.78 is 7.74. The summed E-state index contributed by atoms with van der Waals surface area (Å²) in [6.45, 7) is 1.59. The second-order valence-corrected chi connectivity index (χ2v) is 5.89. The first-order chi connectivity index (χ1) is 11.3. The lowest BCUT2D eigenvalue weighted by Gasteiger charge is -2.19. The molecule has 0 spiro atoms. The summed E-state index contributed by atoms with van der Waals surface area (Å²) in [5.74, 6) is 0.805. The molecule has 2 aromatic rings. The van der Waals surface area contributed by atoms with E-state index < -0.39 is 0 Å². The fourth-order valence-electron chi connectivity index (χ4n) is 2.98. The van der Waals surface area contributed by atoms with Gasteiger partial charge in [0.25, 0.3) is 5.91 Å². The number of fused-ring (bicyclic) bond motifs is 1. The van der Waals surface area contributed by atoms with Gasteiger partial charge in [-0.1, -0.05) is 12.1 Å². The van der Waals surface area contributed by atoms with Crippen molar-refractivity contribution in [3.05, 3.63) is 48.0 Å². The number of carbonyl (C=O) groups excluding carboxylic acids is 1. The van der Waals surface area contributed by atoms with Crippen molar-refractivity contribution in [2.45, 2.75) is 38.6 Å². The van der Waals surface area contributed by atoms with Crippen molar-refractivity contribution >= 4 is 5.91 Å². The van der Waals surface area contributed by atoms with Crippen LogP contribution in [0.3, 0.4) is 0 Å². The SMILES string of the molecule is O=C(COc1cccc2c1CCCC2)NCCCn1ccnc1. The Labute approximate surface area is 136 Å². The normalized spacial score (nSPS) is 13.4. The molecule has 0 fully saturated rings.